The Morgan fingerprint density at radius 3 is 2.94 bits per heavy atom. The third-order valence-corrected chi connectivity index (χ3v) is 2.98. The number of hydrogen-bond donors (Lipinski definition) is 1. The molecule has 0 fully saturated rings. The maximum atomic E-state index is 5.30. The highest BCUT2D eigenvalue weighted by atomic mass is 79.9. The molecule has 5 heteroatoms. The Morgan fingerprint density at radius 2 is 2.38 bits per heavy atom. The Morgan fingerprint density at radius 1 is 1.56 bits per heavy atom. The Kier molecular flexibility index (Phi) is 3.33. The summed E-state index contributed by atoms with van der Waals surface area (Å²) in [6.07, 6.45) is 5.47. The summed E-state index contributed by atoms with van der Waals surface area (Å²) in [6.45, 7) is 4.84. The zero-order chi connectivity index (χ0) is 11.5. The molecule has 0 atom stereocenters. The normalized spacial score (nSPS) is 11.0. The maximum Gasteiger partial charge on any atom is 0.136 e. The molecule has 2 rings (SSSR count). The fourth-order valence-electron chi connectivity index (χ4n) is 1.35. The smallest absolute Gasteiger partial charge is 0.136 e. The third kappa shape index (κ3) is 2.47. The van der Waals surface area contributed by atoms with Crippen LogP contribution in [0.25, 0.3) is 0 Å². The summed E-state index contributed by atoms with van der Waals surface area (Å²) in [7, 11) is 0. The lowest BCUT2D eigenvalue weighted by Gasteiger charge is -2.04. The van der Waals surface area contributed by atoms with Crippen LogP contribution in [0, 0.1) is 0 Å². The Hall–Kier alpha value is -1.23. The monoisotopic (exact) mass is 283 g/mol. The van der Waals surface area contributed by atoms with Crippen LogP contribution >= 0.6 is 15.9 Å². The van der Waals surface area contributed by atoms with Crippen molar-refractivity contribution in [2.45, 2.75) is 26.4 Å². The SMILES string of the molecule is CC(C)n1cc(NCc2occc2Br)cn1. The minimum atomic E-state index is 0.380. The molecule has 0 aliphatic heterocycles. The predicted octanol–water partition coefficient (Wildman–Crippen LogP) is 3.43. The van der Waals surface area contributed by atoms with Crippen molar-refractivity contribution in [3.63, 3.8) is 0 Å². The lowest BCUT2D eigenvalue weighted by atomic mass is 10.4. The molecule has 2 aromatic heterocycles. The number of aromatic nitrogens is 2. The van der Waals surface area contributed by atoms with Crippen molar-refractivity contribution in [1.29, 1.82) is 0 Å². The molecular formula is C11H14BrN3O. The highest BCUT2D eigenvalue weighted by molar-refractivity contribution is 9.10. The zero-order valence-corrected chi connectivity index (χ0v) is 10.9. The first-order chi connectivity index (χ1) is 7.66. The quantitative estimate of drug-likeness (QED) is 0.935. The van der Waals surface area contributed by atoms with E-state index in [0.717, 1.165) is 15.9 Å². The summed E-state index contributed by atoms with van der Waals surface area (Å²) in [4.78, 5) is 0. The van der Waals surface area contributed by atoms with Gasteiger partial charge in [-0.2, -0.15) is 5.10 Å². The number of halogens is 1. The van der Waals surface area contributed by atoms with Crippen molar-refractivity contribution in [2.75, 3.05) is 5.32 Å². The molecule has 4 nitrogen and oxygen atoms in total. The van der Waals surface area contributed by atoms with E-state index in [1.807, 2.05) is 23.1 Å². The molecule has 0 aliphatic rings. The van der Waals surface area contributed by atoms with Gasteiger partial charge in [-0.05, 0) is 35.8 Å². The summed E-state index contributed by atoms with van der Waals surface area (Å²) in [5.74, 6) is 0.886. The van der Waals surface area contributed by atoms with E-state index in [-0.39, 0.29) is 0 Å². The van der Waals surface area contributed by atoms with Crippen molar-refractivity contribution in [2.24, 2.45) is 0 Å². The Balaban J connectivity index is 1.97. The van der Waals surface area contributed by atoms with Gasteiger partial charge in [-0.25, -0.2) is 0 Å². The standard InChI is InChI=1S/C11H14BrN3O/c1-8(2)15-7-9(5-14-15)13-6-11-10(12)3-4-16-11/h3-5,7-8,13H,6H2,1-2H3. The van der Waals surface area contributed by atoms with E-state index in [1.54, 1.807) is 6.26 Å². The van der Waals surface area contributed by atoms with Crippen molar-refractivity contribution >= 4 is 21.6 Å². The Labute approximate surface area is 103 Å². The summed E-state index contributed by atoms with van der Waals surface area (Å²) in [6, 6.07) is 2.26. The van der Waals surface area contributed by atoms with Crippen LogP contribution in [0.3, 0.4) is 0 Å². The molecule has 0 saturated heterocycles. The number of rotatable bonds is 4. The molecule has 1 N–H and O–H groups in total. The van der Waals surface area contributed by atoms with Gasteiger partial charge in [0.15, 0.2) is 0 Å². The van der Waals surface area contributed by atoms with E-state index in [2.05, 4.69) is 40.2 Å². The first kappa shape index (κ1) is 11.3. The number of furan rings is 1. The van der Waals surface area contributed by atoms with Crippen LogP contribution in [0.4, 0.5) is 5.69 Å². The van der Waals surface area contributed by atoms with E-state index in [4.69, 9.17) is 4.42 Å². The van der Waals surface area contributed by atoms with Crippen LogP contribution in [0.15, 0.2) is 33.6 Å². The van der Waals surface area contributed by atoms with E-state index in [9.17, 15) is 0 Å². The number of hydrogen-bond acceptors (Lipinski definition) is 3. The molecule has 2 aromatic rings. The van der Waals surface area contributed by atoms with Gasteiger partial charge in [0.05, 0.1) is 29.2 Å². The summed E-state index contributed by atoms with van der Waals surface area (Å²) < 4.78 is 8.20. The topological polar surface area (TPSA) is 43.0 Å². The van der Waals surface area contributed by atoms with Gasteiger partial charge in [-0.15, -0.1) is 0 Å². The number of anilines is 1. The molecule has 0 unspecified atom stereocenters. The lowest BCUT2D eigenvalue weighted by Crippen LogP contribution is -2.00. The summed E-state index contributed by atoms with van der Waals surface area (Å²) >= 11 is 3.41. The summed E-state index contributed by atoms with van der Waals surface area (Å²) in [5.41, 5.74) is 0.997. The minimum absolute atomic E-state index is 0.380. The molecule has 0 radical (unpaired) electrons. The average molecular weight is 284 g/mol. The van der Waals surface area contributed by atoms with Gasteiger partial charge < -0.3 is 9.73 Å². The lowest BCUT2D eigenvalue weighted by molar-refractivity contribution is 0.516. The highest BCUT2D eigenvalue weighted by Crippen LogP contribution is 2.19. The minimum Gasteiger partial charge on any atom is -0.466 e. The average Bonchev–Trinajstić information content (AvgIpc) is 2.83. The van der Waals surface area contributed by atoms with Crippen LogP contribution in [0.1, 0.15) is 25.6 Å². The molecule has 2 heterocycles. The van der Waals surface area contributed by atoms with Crippen molar-refractivity contribution < 1.29 is 4.42 Å². The molecular weight excluding hydrogens is 270 g/mol. The first-order valence-electron chi connectivity index (χ1n) is 5.16. The van der Waals surface area contributed by atoms with Crippen LogP contribution in [0.2, 0.25) is 0 Å². The van der Waals surface area contributed by atoms with Gasteiger partial charge in [0.25, 0.3) is 0 Å². The van der Waals surface area contributed by atoms with Gasteiger partial charge in [0, 0.05) is 12.2 Å². The number of nitrogens with zero attached hydrogens (tertiary/aromatic N) is 2. The van der Waals surface area contributed by atoms with Crippen molar-refractivity contribution in [3.8, 4) is 0 Å². The highest BCUT2D eigenvalue weighted by Gasteiger charge is 2.05. The van der Waals surface area contributed by atoms with E-state index >= 15 is 0 Å². The van der Waals surface area contributed by atoms with Crippen molar-refractivity contribution in [3.05, 3.63) is 35.0 Å². The molecule has 0 saturated carbocycles. The second-order valence-electron chi connectivity index (χ2n) is 3.85. The van der Waals surface area contributed by atoms with E-state index in [0.29, 0.717) is 12.6 Å². The van der Waals surface area contributed by atoms with Gasteiger partial charge in [-0.1, -0.05) is 0 Å². The zero-order valence-electron chi connectivity index (χ0n) is 9.27. The third-order valence-electron chi connectivity index (χ3n) is 2.27. The van der Waals surface area contributed by atoms with Gasteiger partial charge in [-0.3, -0.25) is 4.68 Å². The second-order valence-corrected chi connectivity index (χ2v) is 4.70. The van der Waals surface area contributed by atoms with Crippen molar-refractivity contribution in [1.82, 2.24) is 9.78 Å². The van der Waals surface area contributed by atoms with Crippen LogP contribution in [-0.2, 0) is 6.54 Å². The molecule has 0 aliphatic carbocycles. The maximum absolute atomic E-state index is 5.30. The van der Waals surface area contributed by atoms with Crippen LogP contribution in [-0.4, -0.2) is 9.78 Å². The molecule has 0 spiro atoms. The largest absolute Gasteiger partial charge is 0.466 e. The van der Waals surface area contributed by atoms with Crippen LogP contribution in [0.5, 0.6) is 0 Å². The van der Waals surface area contributed by atoms with E-state index < -0.39 is 0 Å². The second kappa shape index (κ2) is 4.74. The molecule has 16 heavy (non-hydrogen) atoms. The van der Waals surface area contributed by atoms with Crippen LogP contribution < -0.4 is 5.32 Å². The first-order valence-corrected chi connectivity index (χ1v) is 5.96. The molecule has 0 bridgehead atoms. The van der Waals surface area contributed by atoms with E-state index in [1.165, 1.54) is 0 Å². The Bertz CT molecular complexity index is 461. The number of nitrogens with one attached hydrogen (secondary N) is 1. The van der Waals surface area contributed by atoms with Gasteiger partial charge in [0.2, 0.25) is 0 Å². The fraction of sp³-hybridized carbons (Fsp3) is 0.364. The predicted molar refractivity (Wildman–Crippen MR) is 66.3 cm³/mol. The molecule has 86 valence electrons. The molecule has 0 amide bonds. The summed E-state index contributed by atoms with van der Waals surface area (Å²) in [5, 5.41) is 7.51. The van der Waals surface area contributed by atoms with Gasteiger partial charge >= 0.3 is 0 Å². The fourth-order valence-corrected chi connectivity index (χ4v) is 1.69. The van der Waals surface area contributed by atoms with Gasteiger partial charge in [0.1, 0.15) is 5.76 Å². The molecule has 0 aromatic carbocycles.